The summed E-state index contributed by atoms with van der Waals surface area (Å²) in [5.41, 5.74) is 4.30. The summed E-state index contributed by atoms with van der Waals surface area (Å²) in [4.78, 5) is 4.24. The minimum Gasteiger partial charge on any atom is -0.484 e. The highest BCUT2D eigenvalue weighted by Gasteiger charge is 2.00. The van der Waals surface area contributed by atoms with Gasteiger partial charge in [-0.15, -0.1) is 0 Å². The predicted molar refractivity (Wildman–Crippen MR) is 65.1 cm³/mol. The molecular weight excluding hydrogens is 186 g/mol. The molecule has 0 radical (unpaired) electrons. The fraction of sp³-hybridized carbons (Fsp3) is 0.308. The van der Waals surface area contributed by atoms with Crippen LogP contribution in [-0.2, 0) is 4.74 Å². The van der Waals surface area contributed by atoms with E-state index >= 15 is 0 Å². The van der Waals surface area contributed by atoms with Crippen LogP contribution in [0.4, 0.5) is 0 Å². The maximum absolute atomic E-state index is 4.99. The van der Waals surface area contributed by atoms with Crippen LogP contribution >= 0.6 is 0 Å². The van der Waals surface area contributed by atoms with Gasteiger partial charge in [0.15, 0.2) is 5.90 Å². The molecule has 1 aromatic rings. The molecule has 0 aliphatic heterocycles. The maximum Gasteiger partial charge on any atom is 0.184 e. The second-order valence-electron chi connectivity index (χ2n) is 3.58. The van der Waals surface area contributed by atoms with Crippen LogP contribution in [0.2, 0.25) is 0 Å². The smallest absolute Gasteiger partial charge is 0.184 e. The van der Waals surface area contributed by atoms with Crippen molar-refractivity contribution in [2.45, 2.75) is 20.8 Å². The first kappa shape index (κ1) is 11.5. The van der Waals surface area contributed by atoms with Gasteiger partial charge in [-0.2, -0.15) is 0 Å². The summed E-state index contributed by atoms with van der Waals surface area (Å²) in [7, 11) is 1.60. The van der Waals surface area contributed by atoms with Crippen molar-refractivity contribution in [3.05, 3.63) is 41.5 Å². The summed E-state index contributed by atoms with van der Waals surface area (Å²) in [6.45, 7) is 9.90. The minimum atomic E-state index is 0.623. The highest BCUT2D eigenvalue weighted by atomic mass is 16.5. The lowest BCUT2D eigenvalue weighted by Crippen LogP contribution is -1.94. The Labute approximate surface area is 91.3 Å². The summed E-state index contributed by atoms with van der Waals surface area (Å²) >= 11 is 0. The van der Waals surface area contributed by atoms with E-state index in [1.807, 2.05) is 13.0 Å². The molecule has 0 unspecified atom stereocenters. The van der Waals surface area contributed by atoms with E-state index in [2.05, 4.69) is 37.6 Å². The Hall–Kier alpha value is -1.57. The van der Waals surface area contributed by atoms with E-state index in [0.717, 1.165) is 11.3 Å². The second-order valence-corrected chi connectivity index (χ2v) is 3.58. The normalized spacial score (nSPS) is 11.3. The predicted octanol–water partition coefficient (Wildman–Crippen LogP) is 3.34. The molecule has 1 rings (SSSR count). The summed E-state index contributed by atoms with van der Waals surface area (Å²) < 4.78 is 4.99. The fourth-order valence-electron chi connectivity index (χ4n) is 1.22. The van der Waals surface area contributed by atoms with Crippen LogP contribution < -0.4 is 0 Å². The molecule has 0 N–H and O–H groups in total. The van der Waals surface area contributed by atoms with Crippen LogP contribution in [0.1, 0.15) is 23.6 Å². The molecule has 0 bridgehead atoms. The van der Waals surface area contributed by atoms with Crippen molar-refractivity contribution < 1.29 is 4.74 Å². The monoisotopic (exact) mass is 203 g/mol. The SMILES string of the molecule is C=C(N=C(C)OC)c1ccc(C)c(C)c1. The van der Waals surface area contributed by atoms with E-state index in [-0.39, 0.29) is 0 Å². The Bertz CT molecular complexity index is 405. The van der Waals surface area contributed by atoms with Crippen molar-refractivity contribution >= 4 is 11.6 Å². The van der Waals surface area contributed by atoms with Gasteiger partial charge in [0, 0.05) is 6.92 Å². The van der Waals surface area contributed by atoms with Crippen molar-refractivity contribution in [2.24, 2.45) is 4.99 Å². The lowest BCUT2D eigenvalue weighted by molar-refractivity contribution is 0.400. The number of hydrogen-bond donors (Lipinski definition) is 0. The topological polar surface area (TPSA) is 21.6 Å². The third-order valence-corrected chi connectivity index (χ3v) is 2.43. The summed E-state index contributed by atoms with van der Waals surface area (Å²) in [5.74, 6) is 0.623. The Morgan fingerprint density at radius 3 is 2.47 bits per heavy atom. The fourth-order valence-corrected chi connectivity index (χ4v) is 1.22. The number of aliphatic imine (C=N–C) groups is 1. The molecule has 2 heteroatoms. The Balaban J connectivity index is 2.97. The number of ether oxygens (including phenoxy) is 1. The molecule has 0 aliphatic carbocycles. The van der Waals surface area contributed by atoms with Crippen LogP contribution in [0.3, 0.4) is 0 Å². The number of benzene rings is 1. The van der Waals surface area contributed by atoms with Gasteiger partial charge in [0.2, 0.25) is 0 Å². The van der Waals surface area contributed by atoms with E-state index in [4.69, 9.17) is 4.74 Å². The number of hydrogen-bond acceptors (Lipinski definition) is 2. The molecule has 80 valence electrons. The Morgan fingerprint density at radius 2 is 1.93 bits per heavy atom. The Kier molecular flexibility index (Phi) is 3.67. The van der Waals surface area contributed by atoms with Gasteiger partial charge in [0.25, 0.3) is 0 Å². The van der Waals surface area contributed by atoms with Gasteiger partial charge in [0.1, 0.15) is 0 Å². The highest BCUT2D eigenvalue weighted by molar-refractivity contribution is 5.81. The largest absolute Gasteiger partial charge is 0.484 e. The summed E-state index contributed by atoms with van der Waals surface area (Å²) in [6.07, 6.45) is 0. The van der Waals surface area contributed by atoms with E-state index in [0.29, 0.717) is 5.90 Å². The van der Waals surface area contributed by atoms with Gasteiger partial charge in [-0.3, -0.25) is 0 Å². The van der Waals surface area contributed by atoms with Gasteiger partial charge >= 0.3 is 0 Å². The summed E-state index contributed by atoms with van der Waals surface area (Å²) in [5, 5.41) is 0. The molecule has 0 fully saturated rings. The first-order chi connectivity index (χ1) is 7.04. The molecule has 15 heavy (non-hydrogen) atoms. The number of methoxy groups -OCH3 is 1. The van der Waals surface area contributed by atoms with Crippen molar-refractivity contribution in [1.82, 2.24) is 0 Å². The first-order valence-corrected chi connectivity index (χ1v) is 4.90. The zero-order chi connectivity index (χ0) is 11.4. The molecule has 0 saturated carbocycles. The van der Waals surface area contributed by atoms with E-state index in [9.17, 15) is 0 Å². The van der Waals surface area contributed by atoms with Crippen LogP contribution in [0.5, 0.6) is 0 Å². The van der Waals surface area contributed by atoms with Gasteiger partial charge in [0.05, 0.1) is 12.8 Å². The standard InChI is InChI=1S/C13H17NO/c1-9-6-7-13(8-10(9)2)11(3)14-12(4)15-5/h6-8H,3H2,1-2,4-5H3. The van der Waals surface area contributed by atoms with Crippen molar-refractivity contribution in [2.75, 3.05) is 7.11 Å². The average molecular weight is 203 g/mol. The molecule has 0 heterocycles. The van der Waals surface area contributed by atoms with Gasteiger partial charge in [-0.1, -0.05) is 18.7 Å². The second kappa shape index (κ2) is 4.78. The van der Waals surface area contributed by atoms with Crippen molar-refractivity contribution in [3.63, 3.8) is 0 Å². The van der Waals surface area contributed by atoms with Crippen LogP contribution in [0.25, 0.3) is 5.70 Å². The molecule has 0 atom stereocenters. The maximum atomic E-state index is 4.99. The highest BCUT2D eigenvalue weighted by Crippen LogP contribution is 2.17. The zero-order valence-corrected chi connectivity index (χ0v) is 9.79. The quantitative estimate of drug-likeness (QED) is 0.533. The van der Waals surface area contributed by atoms with Gasteiger partial charge < -0.3 is 4.74 Å². The Morgan fingerprint density at radius 1 is 1.27 bits per heavy atom. The van der Waals surface area contributed by atoms with Crippen LogP contribution in [0, 0.1) is 13.8 Å². The molecular formula is C13H17NO. The van der Waals surface area contributed by atoms with E-state index in [1.54, 1.807) is 7.11 Å². The molecule has 0 aromatic heterocycles. The first-order valence-electron chi connectivity index (χ1n) is 4.90. The van der Waals surface area contributed by atoms with Crippen molar-refractivity contribution in [3.8, 4) is 0 Å². The molecule has 0 aliphatic rings. The lowest BCUT2D eigenvalue weighted by atomic mass is 10.1. The molecule has 0 spiro atoms. The number of aryl methyl sites for hydroxylation is 2. The summed E-state index contributed by atoms with van der Waals surface area (Å²) in [6, 6.07) is 6.19. The van der Waals surface area contributed by atoms with Crippen molar-refractivity contribution in [1.29, 1.82) is 0 Å². The van der Waals surface area contributed by atoms with Crippen LogP contribution in [-0.4, -0.2) is 13.0 Å². The lowest BCUT2D eigenvalue weighted by Gasteiger charge is -2.05. The number of nitrogens with zero attached hydrogens (tertiary/aromatic N) is 1. The third kappa shape index (κ3) is 2.94. The van der Waals surface area contributed by atoms with E-state index in [1.165, 1.54) is 11.1 Å². The molecule has 2 nitrogen and oxygen atoms in total. The molecule has 0 saturated heterocycles. The molecule has 0 amide bonds. The number of rotatable bonds is 2. The molecule has 1 aromatic carbocycles. The average Bonchev–Trinajstić information content (AvgIpc) is 2.21. The van der Waals surface area contributed by atoms with E-state index < -0.39 is 0 Å². The third-order valence-electron chi connectivity index (χ3n) is 2.43. The van der Waals surface area contributed by atoms with Crippen LogP contribution in [0.15, 0.2) is 29.8 Å². The zero-order valence-electron chi connectivity index (χ0n) is 9.79. The van der Waals surface area contributed by atoms with Gasteiger partial charge in [-0.25, -0.2) is 4.99 Å². The van der Waals surface area contributed by atoms with Gasteiger partial charge in [-0.05, 0) is 36.6 Å². The minimum absolute atomic E-state index is 0.623.